The van der Waals surface area contributed by atoms with Gasteiger partial charge in [-0.25, -0.2) is 4.79 Å². The summed E-state index contributed by atoms with van der Waals surface area (Å²) in [5, 5.41) is 0. The second-order valence-corrected chi connectivity index (χ2v) is 8.29. The van der Waals surface area contributed by atoms with Crippen molar-refractivity contribution in [2.24, 2.45) is 5.92 Å². The molecule has 0 aromatic heterocycles. The quantitative estimate of drug-likeness (QED) is 0.239. The van der Waals surface area contributed by atoms with Crippen molar-refractivity contribution in [1.82, 2.24) is 0 Å². The third-order valence-corrected chi connectivity index (χ3v) is 5.49. The van der Waals surface area contributed by atoms with Crippen molar-refractivity contribution in [3.63, 3.8) is 0 Å². The van der Waals surface area contributed by atoms with Crippen LogP contribution in [0.3, 0.4) is 0 Å². The van der Waals surface area contributed by atoms with Crippen molar-refractivity contribution in [2.75, 3.05) is 18.1 Å². The van der Waals surface area contributed by atoms with Crippen LogP contribution in [0.1, 0.15) is 36.8 Å². The molecule has 0 spiro atoms. The number of carbonyl (C=O) groups is 2. The van der Waals surface area contributed by atoms with Crippen molar-refractivity contribution in [2.45, 2.75) is 44.6 Å². The molecule has 0 saturated heterocycles. The van der Waals surface area contributed by atoms with E-state index in [4.69, 9.17) is 20.9 Å². The van der Waals surface area contributed by atoms with Gasteiger partial charge in [0.2, 0.25) is 0 Å². The highest BCUT2D eigenvalue weighted by Crippen LogP contribution is 2.31. The highest BCUT2D eigenvalue weighted by atomic mass is 19.4. The van der Waals surface area contributed by atoms with Gasteiger partial charge in [0.15, 0.2) is 0 Å². The topological polar surface area (TPSA) is 114 Å². The van der Waals surface area contributed by atoms with Crippen LogP contribution in [-0.2, 0) is 25.5 Å². The molecule has 0 unspecified atom stereocenters. The number of ether oxygens (including phenoxy) is 3. The van der Waals surface area contributed by atoms with E-state index in [0.29, 0.717) is 29.1 Å². The van der Waals surface area contributed by atoms with Gasteiger partial charge in [-0.2, -0.15) is 0 Å². The molecule has 0 aliphatic heterocycles. The number of benzene rings is 2. The van der Waals surface area contributed by atoms with Crippen molar-refractivity contribution in [3.8, 4) is 5.75 Å². The average Bonchev–Trinajstić information content (AvgIpc) is 2.77. The minimum atomic E-state index is -4.67. The lowest BCUT2D eigenvalue weighted by atomic mass is 9.87. The molecule has 0 radical (unpaired) electrons. The van der Waals surface area contributed by atoms with Crippen molar-refractivity contribution in [3.05, 3.63) is 59.7 Å². The van der Waals surface area contributed by atoms with Crippen LogP contribution in [0.15, 0.2) is 48.5 Å². The largest absolute Gasteiger partial charge is 0.522 e. The Morgan fingerprint density at radius 2 is 1.60 bits per heavy atom. The van der Waals surface area contributed by atoms with Gasteiger partial charge in [0.25, 0.3) is 0 Å². The third-order valence-electron chi connectivity index (χ3n) is 5.49. The Bertz CT molecular complexity index is 1030. The minimum absolute atomic E-state index is 0.145. The van der Waals surface area contributed by atoms with E-state index >= 15 is 0 Å². The fourth-order valence-corrected chi connectivity index (χ4v) is 3.82. The van der Waals surface area contributed by atoms with Gasteiger partial charge in [-0.1, -0.05) is 12.1 Å². The molecule has 10 heteroatoms. The van der Waals surface area contributed by atoms with Crippen LogP contribution in [0.4, 0.5) is 24.5 Å². The summed E-state index contributed by atoms with van der Waals surface area (Å²) in [5.41, 5.74) is 14.1. The number of halogens is 3. The fraction of sp³-hybridized carbons (Fsp3) is 0.360. The van der Waals surface area contributed by atoms with E-state index < -0.39 is 30.3 Å². The smallest absolute Gasteiger partial charge is 0.462 e. The zero-order valence-electron chi connectivity index (χ0n) is 18.9. The van der Waals surface area contributed by atoms with Crippen LogP contribution in [0.2, 0.25) is 0 Å². The molecule has 35 heavy (non-hydrogen) atoms. The van der Waals surface area contributed by atoms with E-state index in [9.17, 15) is 22.8 Å². The Balaban J connectivity index is 1.40. The van der Waals surface area contributed by atoms with Gasteiger partial charge in [-0.15, -0.1) is 13.2 Å². The SMILES string of the molecule is Nc1cc(N)cc(CCOC(=O)/C=C/c2ccc(OC(=O)C3CCC(OC(F)(F)F)CC3)cc2)c1. The first-order valence-electron chi connectivity index (χ1n) is 11.1. The monoisotopic (exact) mass is 492 g/mol. The number of carbonyl (C=O) groups excluding carboxylic acids is 2. The molecular weight excluding hydrogens is 465 g/mol. The summed E-state index contributed by atoms with van der Waals surface area (Å²) in [6.07, 6.45) is -1.43. The summed E-state index contributed by atoms with van der Waals surface area (Å²) in [5.74, 6) is -1.15. The first-order valence-corrected chi connectivity index (χ1v) is 11.1. The molecule has 0 heterocycles. The number of nitrogen functional groups attached to an aromatic ring is 2. The summed E-state index contributed by atoms with van der Waals surface area (Å²) in [6, 6.07) is 11.7. The summed E-state index contributed by atoms with van der Waals surface area (Å²) >= 11 is 0. The van der Waals surface area contributed by atoms with Crippen LogP contribution >= 0.6 is 0 Å². The molecule has 2 aromatic carbocycles. The number of hydrogen-bond donors (Lipinski definition) is 2. The lowest BCUT2D eigenvalue weighted by Gasteiger charge is -2.27. The Morgan fingerprint density at radius 1 is 0.971 bits per heavy atom. The molecule has 4 N–H and O–H groups in total. The number of alkyl halides is 3. The Labute approximate surface area is 200 Å². The second kappa shape index (κ2) is 11.7. The highest BCUT2D eigenvalue weighted by molar-refractivity contribution is 5.87. The number of rotatable bonds is 8. The van der Waals surface area contributed by atoms with Gasteiger partial charge in [0.05, 0.1) is 18.6 Å². The number of nitrogens with two attached hydrogens (primary N) is 2. The zero-order valence-corrected chi connectivity index (χ0v) is 18.9. The third kappa shape index (κ3) is 8.97. The zero-order chi connectivity index (χ0) is 25.4. The number of hydrogen-bond acceptors (Lipinski definition) is 7. The molecule has 1 saturated carbocycles. The molecule has 188 valence electrons. The first-order chi connectivity index (χ1) is 16.6. The van der Waals surface area contributed by atoms with E-state index in [1.807, 2.05) is 0 Å². The first kappa shape index (κ1) is 26.1. The van der Waals surface area contributed by atoms with Crippen molar-refractivity contribution >= 4 is 29.4 Å². The maximum Gasteiger partial charge on any atom is 0.522 e. The minimum Gasteiger partial charge on any atom is -0.462 e. The fourth-order valence-electron chi connectivity index (χ4n) is 3.82. The van der Waals surface area contributed by atoms with Gasteiger partial charge in [-0.3, -0.25) is 9.53 Å². The van der Waals surface area contributed by atoms with Gasteiger partial charge < -0.3 is 20.9 Å². The van der Waals surface area contributed by atoms with Gasteiger partial charge >= 0.3 is 18.3 Å². The normalized spacial score (nSPS) is 18.4. The van der Waals surface area contributed by atoms with E-state index in [2.05, 4.69) is 4.74 Å². The predicted octanol–water partition coefficient (Wildman–Crippen LogP) is 4.65. The van der Waals surface area contributed by atoms with E-state index in [1.54, 1.807) is 48.5 Å². The lowest BCUT2D eigenvalue weighted by Crippen LogP contribution is -2.32. The van der Waals surface area contributed by atoms with E-state index in [-0.39, 0.29) is 32.3 Å². The summed E-state index contributed by atoms with van der Waals surface area (Å²) in [6.45, 7) is 0.172. The maximum atomic E-state index is 12.3. The van der Waals surface area contributed by atoms with Crippen molar-refractivity contribution < 1.29 is 37.0 Å². The van der Waals surface area contributed by atoms with Gasteiger partial charge in [0, 0.05) is 23.9 Å². The Morgan fingerprint density at radius 3 is 2.20 bits per heavy atom. The number of anilines is 2. The van der Waals surface area contributed by atoms with Crippen LogP contribution < -0.4 is 16.2 Å². The average molecular weight is 492 g/mol. The molecule has 0 bridgehead atoms. The van der Waals surface area contributed by atoms with Crippen molar-refractivity contribution in [1.29, 1.82) is 0 Å². The van der Waals surface area contributed by atoms with Crippen LogP contribution in [0.5, 0.6) is 5.75 Å². The van der Waals surface area contributed by atoms with E-state index in [1.165, 1.54) is 6.08 Å². The van der Waals surface area contributed by atoms with Crippen LogP contribution in [-0.4, -0.2) is 31.0 Å². The Hall–Kier alpha value is -3.53. The van der Waals surface area contributed by atoms with Gasteiger partial charge in [0.1, 0.15) is 5.75 Å². The molecular formula is C25H27F3N2O5. The predicted molar refractivity (Wildman–Crippen MR) is 124 cm³/mol. The molecule has 0 atom stereocenters. The van der Waals surface area contributed by atoms with Gasteiger partial charge in [-0.05, 0) is 73.2 Å². The molecule has 0 amide bonds. The summed E-state index contributed by atoms with van der Waals surface area (Å²) in [7, 11) is 0. The maximum absolute atomic E-state index is 12.3. The molecule has 2 aromatic rings. The van der Waals surface area contributed by atoms with Crippen LogP contribution in [0.25, 0.3) is 6.08 Å². The second-order valence-electron chi connectivity index (χ2n) is 8.29. The Kier molecular flexibility index (Phi) is 8.75. The molecule has 1 aliphatic carbocycles. The highest BCUT2D eigenvalue weighted by Gasteiger charge is 2.36. The molecule has 1 fully saturated rings. The molecule has 7 nitrogen and oxygen atoms in total. The summed E-state index contributed by atoms with van der Waals surface area (Å²) in [4.78, 5) is 24.3. The molecule has 1 aliphatic rings. The van der Waals surface area contributed by atoms with Crippen LogP contribution in [0, 0.1) is 5.92 Å². The molecule has 3 rings (SSSR count). The number of esters is 2. The lowest BCUT2D eigenvalue weighted by molar-refractivity contribution is -0.345. The standard InChI is InChI=1S/C25H27F3N2O5/c26-25(27,28)35-22-8-4-18(5-9-22)24(32)34-21-6-1-16(2-7-21)3-10-23(31)33-12-11-17-13-19(29)15-20(30)14-17/h1-3,6-7,10,13-15,18,22H,4-5,8-9,11-12,29-30H2/b10-3+. The summed E-state index contributed by atoms with van der Waals surface area (Å²) < 4.78 is 51.5. The van der Waals surface area contributed by atoms with E-state index in [0.717, 1.165) is 5.56 Å².